The molecule has 0 saturated carbocycles. The smallest absolute Gasteiger partial charge is 0.146 e. The van der Waals surface area contributed by atoms with Crippen molar-refractivity contribution in [2.24, 2.45) is 0 Å². The van der Waals surface area contributed by atoms with Gasteiger partial charge in [-0.3, -0.25) is 4.98 Å². The van der Waals surface area contributed by atoms with Crippen LogP contribution in [0.25, 0.3) is 10.9 Å². The van der Waals surface area contributed by atoms with Crippen molar-refractivity contribution in [1.82, 2.24) is 10.3 Å². The summed E-state index contributed by atoms with van der Waals surface area (Å²) < 4.78 is 1.03. The maximum absolute atomic E-state index is 10.6. The van der Waals surface area contributed by atoms with E-state index >= 15 is 0 Å². The first-order valence-electron chi connectivity index (χ1n) is 6.70. The Balaban J connectivity index is 2.12. The van der Waals surface area contributed by atoms with Gasteiger partial charge in [-0.25, -0.2) is 0 Å². The number of nitrogens with one attached hydrogen (secondary N) is 1. The molecule has 0 saturated heterocycles. The molecule has 0 amide bonds. The zero-order chi connectivity index (χ0) is 14.8. The van der Waals surface area contributed by atoms with E-state index in [1.807, 2.05) is 55.6 Å². The summed E-state index contributed by atoms with van der Waals surface area (Å²) in [6.45, 7) is 0. The minimum Gasteiger partial charge on any atom is -0.505 e. The lowest BCUT2D eigenvalue weighted by Crippen LogP contribution is -2.17. The Kier molecular flexibility index (Phi) is 3.90. The number of aromatic hydroxyl groups is 1. The number of pyridine rings is 1. The van der Waals surface area contributed by atoms with Crippen molar-refractivity contribution < 1.29 is 5.11 Å². The zero-order valence-corrected chi connectivity index (χ0v) is 13.1. The van der Waals surface area contributed by atoms with Crippen LogP contribution < -0.4 is 5.32 Å². The number of nitrogens with zero attached hydrogens (tertiary/aromatic N) is 1. The standard InChI is InChI=1S/C17H15BrN2O/c1-19-15(12-4-7-13(18)8-5-12)14-9-6-11-3-2-10-20-16(11)17(14)21/h2-10,15,19,21H,1H3. The van der Waals surface area contributed by atoms with Gasteiger partial charge in [0.05, 0.1) is 6.04 Å². The van der Waals surface area contributed by atoms with Gasteiger partial charge in [0.25, 0.3) is 0 Å². The maximum atomic E-state index is 10.6. The molecule has 2 N–H and O–H groups in total. The van der Waals surface area contributed by atoms with Gasteiger partial charge < -0.3 is 10.4 Å². The summed E-state index contributed by atoms with van der Waals surface area (Å²) in [4.78, 5) is 4.28. The van der Waals surface area contributed by atoms with Crippen molar-refractivity contribution in [2.45, 2.75) is 6.04 Å². The molecule has 0 aliphatic heterocycles. The van der Waals surface area contributed by atoms with Crippen molar-refractivity contribution in [3.05, 3.63) is 70.3 Å². The average molecular weight is 343 g/mol. The Labute approximate surface area is 131 Å². The topological polar surface area (TPSA) is 45.2 Å². The lowest BCUT2D eigenvalue weighted by Gasteiger charge is -2.19. The normalized spacial score (nSPS) is 12.5. The van der Waals surface area contributed by atoms with Gasteiger partial charge in [0.15, 0.2) is 0 Å². The minimum atomic E-state index is -0.0792. The Morgan fingerprint density at radius 3 is 2.57 bits per heavy atom. The van der Waals surface area contributed by atoms with Gasteiger partial charge in [-0.05, 0) is 30.8 Å². The Morgan fingerprint density at radius 2 is 1.86 bits per heavy atom. The fourth-order valence-corrected chi connectivity index (χ4v) is 2.80. The number of phenols is 1. The number of rotatable bonds is 3. The van der Waals surface area contributed by atoms with E-state index in [0.29, 0.717) is 5.52 Å². The van der Waals surface area contributed by atoms with Gasteiger partial charge >= 0.3 is 0 Å². The number of phenolic OH excluding ortho intramolecular Hbond substituents is 1. The SMILES string of the molecule is CNC(c1ccc(Br)cc1)c1ccc2cccnc2c1O. The van der Waals surface area contributed by atoms with Crippen LogP contribution in [0, 0.1) is 0 Å². The second-order valence-electron chi connectivity index (χ2n) is 4.85. The lowest BCUT2D eigenvalue weighted by molar-refractivity contribution is 0.466. The second kappa shape index (κ2) is 5.84. The zero-order valence-electron chi connectivity index (χ0n) is 11.5. The van der Waals surface area contributed by atoms with Crippen molar-refractivity contribution in [3.63, 3.8) is 0 Å². The van der Waals surface area contributed by atoms with Crippen LogP contribution in [0.1, 0.15) is 17.2 Å². The van der Waals surface area contributed by atoms with Crippen molar-refractivity contribution in [2.75, 3.05) is 7.05 Å². The first kappa shape index (κ1) is 14.0. The summed E-state index contributed by atoms with van der Waals surface area (Å²) in [5.74, 6) is 0.232. The lowest BCUT2D eigenvalue weighted by atomic mass is 9.96. The molecular weight excluding hydrogens is 328 g/mol. The molecule has 0 radical (unpaired) electrons. The monoisotopic (exact) mass is 342 g/mol. The molecule has 1 unspecified atom stereocenters. The van der Waals surface area contributed by atoms with E-state index in [2.05, 4.69) is 26.2 Å². The van der Waals surface area contributed by atoms with Gasteiger partial charge in [0.2, 0.25) is 0 Å². The van der Waals surface area contributed by atoms with Crippen LogP contribution in [0.2, 0.25) is 0 Å². The van der Waals surface area contributed by atoms with Gasteiger partial charge in [0, 0.05) is 21.6 Å². The summed E-state index contributed by atoms with van der Waals surface area (Å²) in [5, 5.41) is 14.7. The predicted octanol–water partition coefficient (Wildman–Crippen LogP) is 4.01. The summed E-state index contributed by atoms with van der Waals surface area (Å²) in [6.07, 6.45) is 1.69. The number of halogens is 1. The highest BCUT2D eigenvalue weighted by molar-refractivity contribution is 9.10. The third-order valence-electron chi connectivity index (χ3n) is 3.58. The van der Waals surface area contributed by atoms with Crippen LogP contribution in [0.15, 0.2) is 59.2 Å². The second-order valence-corrected chi connectivity index (χ2v) is 5.77. The van der Waals surface area contributed by atoms with Crippen LogP contribution in [-0.2, 0) is 0 Å². The molecule has 21 heavy (non-hydrogen) atoms. The summed E-state index contributed by atoms with van der Waals surface area (Å²) >= 11 is 3.44. The minimum absolute atomic E-state index is 0.0792. The molecule has 1 atom stereocenters. The van der Waals surface area contributed by atoms with Crippen LogP contribution in [0.3, 0.4) is 0 Å². The van der Waals surface area contributed by atoms with Gasteiger partial charge in [-0.2, -0.15) is 0 Å². The van der Waals surface area contributed by atoms with E-state index in [0.717, 1.165) is 21.0 Å². The molecule has 3 nitrogen and oxygen atoms in total. The van der Waals surface area contributed by atoms with Crippen LogP contribution >= 0.6 is 15.9 Å². The van der Waals surface area contributed by atoms with Crippen LogP contribution in [-0.4, -0.2) is 17.1 Å². The largest absolute Gasteiger partial charge is 0.505 e. The molecule has 0 spiro atoms. The fraction of sp³-hybridized carbons (Fsp3) is 0.118. The molecule has 3 aromatic rings. The van der Waals surface area contributed by atoms with Crippen molar-refractivity contribution in [1.29, 1.82) is 0 Å². The van der Waals surface area contributed by atoms with E-state index < -0.39 is 0 Å². The number of aromatic nitrogens is 1. The number of benzene rings is 2. The first-order chi connectivity index (χ1) is 10.2. The molecule has 4 heteroatoms. The highest BCUT2D eigenvalue weighted by Crippen LogP contribution is 2.34. The van der Waals surface area contributed by atoms with E-state index in [9.17, 15) is 5.11 Å². The number of fused-ring (bicyclic) bond motifs is 1. The first-order valence-corrected chi connectivity index (χ1v) is 7.49. The van der Waals surface area contributed by atoms with Crippen LogP contribution in [0.5, 0.6) is 5.75 Å². The molecule has 1 heterocycles. The summed E-state index contributed by atoms with van der Waals surface area (Å²) in [7, 11) is 1.88. The average Bonchev–Trinajstić information content (AvgIpc) is 2.52. The van der Waals surface area contributed by atoms with Gasteiger partial charge in [-0.15, -0.1) is 0 Å². The molecular formula is C17H15BrN2O. The van der Waals surface area contributed by atoms with E-state index in [4.69, 9.17) is 0 Å². The van der Waals surface area contributed by atoms with Gasteiger partial charge in [-0.1, -0.05) is 46.3 Å². The molecule has 106 valence electrons. The number of hydrogen-bond donors (Lipinski definition) is 2. The third kappa shape index (κ3) is 2.64. The quantitative estimate of drug-likeness (QED) is 0.755. The summed E-state index contributed by atoms with van der Waals surface area (Å²) in [5.41, 5.74) is 2.55. The molecule has 3 rings (SSSR count). The maximum Gasteiger partial charge on any atom is 0.146 e. The molecule has 0 aliphatic rings. The van der Waals surface area contributed by atoms with Gasteiger partial charge in [0.1, 0.15) is 11.3 Å². The molecule has 0 aliphatic carbocycles. The van der Waals surface area contributed by atoms with Crippen molar-refractivity contribution in [3.8, 4) is 5.75 Å². The molecule has 0 fully saturated rings. The Bertz CT molecular complexity index is 771. The Morgan fingerprint density at radius 1 is 1.10 bits per heavy atom. The van der Waals surface area contributed by atoms with E-state index in [1.165, 1.54) is 0 Å². The van der Waals surface area contributed by atoms with E-state index in [1.54, 1.807) is 6.20 Å². The highest BCUT2D eigenvalue weighted by Gasteiger charge is 2.17. The Hall–Kier alpha value is -1.91. The molecule has 0 bridgehead atoms. The fourth-order valence-electron chi connectivity index (χ4n) is 2.54. The molecule has 1 aromatic heterocycles. The third-order valence-corrected chi connectivity index (χ3v) is 4.11. The van der Waals surface area contributed by atoms with Crippen molar-refractivity contribution >= 4 is 26.8 Å². The predicted molar refractivity (Wildman–Crippen MR) is 88.5 cm³/mol. The van der Waals surface area contributed by atoms with Crippen LogP contribution in [0.4, 0.5) is 0 Å². The van der Waals surface area contributed by atoms with E-state index in [-0.39, 0.29) is 11.8 Å². The molecule has 2 aromatic carbocycles. The number of hydrogen-bond acceptors (Lipinski definition) is 3. The highest BCUT2D eigenvalue weighted by atomic mass is 79.9. The summed E-state index contributed by atoms with van der Waals surface area (Å²) in [6, 6.07) is 15.7.